The number of nitro benzene ring substituents is 1. The number of hydrazone groups is 1. The molecular formula is C19H15N4O5-. The van der Waals surface area contributed by atoms with Crippen LogP contribution < -0.4 is 15.3 Å². The molecule has 142 valence electrons. The van der Waals surface area contributed by atoms with Crippen molar-refractivity contribution in [3.05, 3.63) is 69.4 Å². The van der Waals surface area contributed by atoms with E-state index in [-0.39, 0.29) is 17.0 Å². The number of benzene rings is 2. The highest BCUT2D eigenvalue weighted by Gasteiger charge is 2.13. The lowest BCUT2D eigenvalue weighted by Gasteiger charge is -2.14. The summed E-state index contributed by atoms with van der Waals surface area (Å²) in [5, 5.41) is 27.6. The molecule has 0 fully saturated rings. The minimum atomic E-state index is -0.649. The van der Waals surface area contributed by atoms with Crippen LogP contribution in [0.1, 0.15) is 21.6 Å². The molecule has 0 saturated carbocycles. The molecule has 2 aromatic carbocycles. The van der Waals surface area contributed by atoms with Gasteiger partial charge in [0.15, 0.2) is 0 Å². The molecule has 0 bridgehead atoms. The van der Waals surface area contributed by atoms with Crippen LogP contribution in [0.4, 0.5) is 5.69 Å². The van der Waals surface area contributed by atoms with Crippen molar-refractivity contribution in [1.82, 2.24) is 10.4 Å². The molecule has 0 atom stereocenters. The van der Waals surface area contributed by atoms with E-state index >= 15 is 0 Å². The Labute approximate surface area is 159 Å². The van der Waals surface area contributed by atoms with E-state index < -0.39 is 16.6 Å². The number of hydrogen-bond acceptors (Lipinski definition) is 7. The van der Waals surface area contributed by atoms with Crippen LogP contribution in [0.5, 0.6) is 11.5 Å². The van der Waals surface area contributed by atoms with Gasteiger partial charge in [0, 0.05) is 17.1 Å². The van der Waals surface area contributed by atoms with E-state index in [4.69, 9.17) is 4.74 Å². The molecule has 0 spiro atoms. The normalized spacial score (nSPS) is 10.9. The first-order chi connectivity index (χ1) is 13.4. The van der Waals surface area contributed by atoms with Gasteiger partial charge in [0.25, 0.3) is 11.6 Å². The Morgan fingerprint density at radius 3 is 2.75 bits per heavy atom. The van der Waals surface area contributed by atoms with Crippen LogP contribution in [0.2, 0.25) is 0 Å². The molecule has 3 rings (SSSR count). The van der Waals surface area contributed by atoms with E-state index in [9.17, 15) is 20.0 Å². The van der Waals surface area contributed by atoms with Crippen molar-refractivity contribution in [2.24, 2.45) is 5.10 Å². The maximum absolute atomic E-state index is 12.5. The Balaban J connectivity index is 1.89. The molecule has 9 nitrogen and oxygen atoms in total. The average Bonchev–Trinajstić information content (AvgIpc) is 2.68. The van der Waals surface area contributed by atoms with Crippen molar-refractivity contribution in [2.45, 2.75) is 6.92 Å². The molecule has 9 heteroatoms. The number of fused-ring (bicyclic) bond motifs is 1. The van der Waals surface area contributed by atoms with E-state index in [1.165, 1.54) is 7.11 Å². The summed E-state index contributed by atoms with van der Waals surface area (Å²) in [4.78, 5) is 27.2. The minimum Gasteiger partial charge on any atom is -0.870 e. The molecule has 0 aliphatic heterocycles. The molecule has 3 aromatic rings. The van der Waals surface area contributed by atoms with E-state index in [2.05, 4.69) is 15.5 Å². The van der Waals surface area contributed by atoms with Crippen molar-refractivity contribution >= 4 is 28.7 Å². The highest BCUT2D eigenvalue weighted by molar-refractivity contribution is 6.06. The summed E-state index contributed by atoms with van der Waals surface area (Å²) in [6.45, 7) is 1.77. The number of rotatable bonds is 5. The van der Waals surface area contributed by atoms with Crippen molar-refractivity contribution in [3.63, 3.8) is 0 Å². The van der Waals surface area contributed by atoms with Gasteiger partial charge in [0.2, 0.25) is 0 Å². The molecule has 0 aliphatic carbocycles. The van der Waals surface area contributed by atoms with Crippen molar-refractivity contribution in [1.29, 1.82) is 0 Å². The molecule has 28 heavy (non-hydrogen) atoms. The predicted molar refractivity (Wildman–Crippen MR) is 101 cm³/mol. The first-order valence-corrected chi connectivity index (χ1v) is 8.14. The van der Waals surface area contributed by atoms with Gasteiger partial charge in [0.05, 0.1) is 35.4 Å². The summed E-state index contributed by atoms with van der Waals surface area (Å²) in [6.07, 6.45) is 1.05. The van der Waals surface area contributed by atoms with Gasteiger partial charge in [-0.25, -0.2) is 5.43 Å². The van der Waals surface area contributed by atoms with E-state index in [1.807, 2.05) is 6.07 Å². The fourth-order valence-electron chi connectivity index (χ4n) is 2.68. The van der Waals surface area contributed by atoms with Crippen LogP contribution in [0.25, 0.3) is 10.9 Å². The number of methoxy groups -OCH3 is 1. The molecule has 0 aliphatic rings. The third-order valence-corrected chi connectivity index (χ3v) is 3.96. The fourth-order valence-corrected chi connectivity index (χ4v) is 2.68. The number of nitrogens with one attached hydrogen (secondary N) is 1. The van der Waals surface area contributed by atoms with Gasteiger partial charge in [-0.05, 0) is 24.6 Å². The molecule has 0 radical (unpaired) electrons. The zero-order valence-electron chi connectivity index (χ0n) is 15.0. The minimum absolute atomic E-state index is 0.0814. The predicted octanol–water partition coefficient (Wildman–Crippen LogP) is 2.30. The third-order valence-electron chi connectivity index (χ3n) is 3.96. The third kappa shape index (κ3) is 3.73. The molecular weight excluding hydrogens is 364 g/mol. The van der Waals surface area contributed by atoms with E-state index in [0.29, 0.717) is 22.2 Å². The smallest absolute Gasteiger partial charge is 0.273 e. The molecule has 1 aromatic heterocycles. The van der Waals surface area contributed by atoms with Gasteiger partial charge in [-0.2, -0.15) is 5.10 Å². The standard InChI is InChI=1S/C19H16N4O5/c1-11-7-15(14-5-3-4-6-16(14)21-11)19(25)22-20-10-12-8-13(23(26)27)9-17(28-2)18(12)24/h3-10,24H,1-2H3,(H,22,25)/p-1/b20-10-. The van der Waals surface area contributed by atoms with Crippen molar-refractivity contribution in [2.75, 3.05) is 7.11 Å². The summed E-state index contributed by atoms with van der Waals surface area (Å²) in [7, 11) is 1.24. The largest absolute Gasteiger partial charge is 0.870 e. The van der Waals surface area contributed by atoms with Gasteiger partial charge in [-0.3, -0.25) is 19.9 Å². The topological polar surface area (TPSA) is 130 Å². The number of pyridine rings is 1. The van der Waals surface area contributed by atoms with Gasteiger partial charge in [0.1, 0.15) is 5.75 Å². The zero-order chi connectivity index (χ0) is 20.3. The summed E-state index contributed by atoms with van der Waals surface area (Å²) in [6, 6.07) is 10.9. The lowest BCUT2D eigenvalue weighted by Crippen LogP contribution is -2.18. The maximum atomic E-state index is 12.5. The van der Waals surface area contributed by atoms with Crippen LogP contribution in [0.15, 0.2) is 47.6 Å². The second-order valence-electron chi connectivity index (χ2n) is 5.85. The SMILES string of the molecule is COc1cc([N+](=O)[O-])cc(/C=N\NC(=O)c2cc(C)nc3ccccc23)c1[O-]. The Morgan fingerprint density at radius 1 is 1.29 bits per heavy atom. The lowest BCUT2D eigenvalue weighted by atomic mass is 10.1. The average molecular weight is 379 g/mol. The second-order valence-corrected chi connectivity index (χ2v) is 5.85. The number of carbonyl (C=O) groups excluding carboxylic acids is 1. The highest BCUT2D eigenvalue weighted by atomic mass is 16.6. The first-order valence-electron chi connectivity index (χ1n) is 8.14. The van der Waals surface area contributed by atoms with Gasteiger partial charge in [-0.1, -0.05) is 23.9 Å². The number of nitro groups is 1. The second kappa shape index (κ2) is 7.70. The van der Waals surface area contributed by atoms with Gasteiger partial charge in [-0.15, -0.1) is 0 Å². The van der Waals surface area contributed by atoms with Crippen LogP contribution in [0.3, 0.4) is 0 Å². The number of amides is 1. The fraction of sp³-hybridized carbons (Fsp3) is 0.105. The lowest BCUT2D eigenvalue weighted by molar-refractivity contribution is -0.385. The number of ether oxygens (including phenoxy) is 1. The maximum Gasteiger partial charge on any atom is 0.273 e. The Morgan fingerprint density at radius 2 is 2.04 bits per heavy atom. The number of non-ortho nitro benzene ring substituents is 1. The van der Waals surface area contributed by atoms with E-state index in [0.717, 1.165) is 18.3 Å². The highest BCUT2D eigenvalue weighted by Crippen LogP contribution is 2.31. The van der Waals surface area contributed by atoms with Crippen molar-refractivity contribution in [3.8, 4) is 11.5 Å². The number of carbonyl (C=O) groups is 1. The summed E-state index contributed by atoms with van der Waals surface area (Å²) >= 11 is 0. The van der Waals surface area contributed by atoms with Gasteiger partial charge >= 0.3 is 0 Å². The summed E-state index contributed by atoms with van der Waals surface area (Å²) in [5.41, 5.74) is 3.64. The first kappa shape index (κ1) is 18.8. The Bertz CT molecular complexity index is 1110. The number of para-hydroxylation sites is 1. The van der Waals surface area contributed by atoms with Gasteiger partial charge < -0.3 is 9.84 Å². The van der Waals surface area contributed by atoms with Crippen LogP contribution in [0, 0.1) is 17.0 Å². The summed E-state index contributed by atoms with van der Waals surface area (Å²) < 4.78 is 4.86. The number of aromatic nitrogens is 1. The molecule has 0 saturated heterocycles. The molecule has 1 heterocycles. The Kier molecular flexibility index (Phi) is 5.16. The zero-order valence-corrected chi connectivity index (χ0v) is 15.0. The van der Waals surface area contributed by atoms with Crippen LogP contribution >= 0.6 is 0 Å². The monoisotopic (exact) mass is 379 g/mol. The molecule has 1 N–H and O–H groups in total. The molecule has 0 unspecified atom stereocenters. The number of nitrogens with zero attached hydrogens (tertiary/aromatic N) is 3. The molecule has 1 amide bonds. The van der Waals surface area contributed by atoms with E-state index in [1.54, 1.807) is 31.2 Å². The quantitative estimate of drug-likeness (QED) is 0.411. The van der Waals surface area contributed by atoms with Crippen LogP contribution in [-0.2, 0) is 0 Å². The Hall–Kier alpha value is -4.01. The number of aryl methyl sites for hydroxylation is 1. The van der Waals surface area contributed by atoms with Crippen LogP contribution in [-0.4, -0.2) is 29.1 Å². The van der Waals surface area contributed by atoms with Crippen molar-refractivity contribution < 1.29 is 19.6 Å². The summed E-state index contributed by atoms with van der Waals surface area (Å²) in [5.74, 6) is -1.25. The number of hydrogen-bond donors (Lipinski definition) is 1.